The highest BCUT2D eigenvalue weighted by Crippen LogP contribution is 2.38. The van der Waals surface area contributed by atoms with E-state index in [1.54, 1.807) is 11.5 Å². The molecule has 0 spiro atoms. The molecule has 1 aromatic heterocycles. The number of hydrogen-bond acceptors (Lipinski definition) is 3. The van der Waals surface area contributed by atoms with Gasteiger partial charge in [0.2, 0.25) is 0 Å². The maximum absolute atomic E-state index is 13.0. The van der Waals surface area contributed by atoms with Gasteiger partial charge >= 0.3 is 18.3 Å². The van der Waals surface area contributed by atoms with Crippen molar-refractivity contribution in [2.45, 2.75) is 32.2 Å². The molecule has 3 rings (SSSR count). The molecule has 3 aromatic rings. The maximum Gasteiger partial charge on any atom is 0.499 e. The average molecular weight is 464 g/mol. The van der Waals surface area contributed by atoms with Crippen molar-refractivity contribution in [3.05, 3.63) is 58.2 Å². The van der Waals surface area contributed by atoms with Crippen LogP contribution in [0.4, 0.5) is 22.0 Å². The number of halogens is 6. The molecule has 0 aliphatic carbocycles. The van der Waals surface area contributed by atoms with Crippen LogP contribution >= 0.6 is 11.6 Å². The number of hydrogen-bond donors (Lipinski definition) is 2. The number of aromatic nitrogens is 1. The molecule has 5 nitrogen and oxygen atoms in total. The molecule has 2 N–H and O–H groups in total. The fraction of sp³-hybridized carbons (Fsp3) is 0.250. The van der Waals surface area contributed by atoms with E-state index in [1.807, 2.05) is 0 Å². The number of ether oxygens (including phenoxy) is 1. The molecule has 0 aliphatic rings. The molecule has 0 saturated heterocycles. The summed E-state index contributed by atoms with van der Waals surface area (Å²) < 4.78 is 68.4. The summed E-state index contributed by atoms with van der Waals surface area (Å²) in [5, 5.41) is 19.6. The van der Waals surface area contributed by atoms with E-state index >= 15 is 0 Å². The molecule has 0 aliphatic heterocycles. The first-order valence-electron chi connectivity index (χ1n) is 8.74. The molecule has 11 heteroatoms. The molecule has 2 aromatic carbocycles. The molecule has 166 valence electrons. The van der Waals surface area contributed by atoms with Crippen molar-refractivity contribution in [2.75, 3.05) is 0 Å². The Morgan fingerprint density at radius 1 is 1.13 bits per heavy atom. The lowest BCUT2D eigenvalue weighted by Gasteiger charge is -2.20. The van der Waals surface area contributed by atoms with Gasteiger partial charge in [-0.1, -0.05) is 23.7 Å². The Morgan fingerprint density at radius 2 is 1.74 bits per heavy atom. The molecular weight excluding hydrogens is 449 g/mol. The summed E-state index contributed by atoms with van der Waals surface area (Å²) in [5.41, 5.74) is 2.08. The first-order valence-corrected chi connectivity index (χ1v) is 9.12. The first kappa shape index (κ1) is 22.7. The maximum atomic E-state index is 13.0. The Labute approximate surface area is 177 Å². The molecule has 1 heterocycles. The average Bonchev–Trinajstić information content (AvgIpc) is 2.87. The summed E-state index contributed by atoms with van der Waals surface area (Å²) in [5.74, 6) is -1.96. The third kappa shape index (κ3) is 4.53. The molecule has 0 bridgehead atoms. The van der Waals surface area contributed by atoms with Gasteiger partial charge < -0.3 is 19.5 Å². The summed E-state index contributed by atoms with van der Waals surface area (Å²) in [7, 11) is 0. The van der Waals surface area contributed by atoms with E-state index < -0.39 is 24.0 Å². The van der Waals surface area contributed by atoms with Gasteiger partial charge in [-0.3, -0.25) is 4.79 Å². The molecule has 0 unspecified atom stereocenters. The van der Waals surface area contributed by atoms with Crippen molar-refractivity contribution in [2.24, 2.45) is 0 Å². The third-order valence-electron chi connectivity index (χ3n) is 4.69. The molecule has 31 heavy (non-hydrogen) atoms. The van der Waals surface area contributed by atoms with Crippen molar-refractivity contribution in [3.63, 3.8) is 0 Å². The minimum Gasteiger partial charge on any atom is -0.506 e. The highest BCUT2D eigenvalue weighted by atomic mass is 35.5. The Bertz CT molecular complexity index is 1140. The van der Waals surface area contributed by atoms with Gasteiger partial charge in [0.15, 0.2) is 0 Å². The van der Waals surface area contributed by atoms with Gasteiger partial charge in [-0.25, -0.2) is 0 Å². The van der Waals surface area contributed by atoms with Crippen LogP contribution in [-0.2, 0) is 17.8 Å². The summed E-state index contributed by atoms with van der Waals surface area (Å²) in [6, 6.07) is 7.40. The molecule has 0 amide bonds. The van der Waals surface area contributed by atoms with Crippen molar-refractivity contribution in [3.8, 4) is 11.5 Å². The topological polar surface area (TPSA) is 71.7 Å². The number of carbonyl (C=O) groups is 1. The van der Waals surface area contributed by atoms with E-state index in [-0.39, 0.29) is 23.7 Å². The predicted octanol–water partition coefficient (Wildman–Crippen LogP) is 5.52. The summed E-state index contributed by atoms with van der Waals surface area (Å²) >= 11 is 5.99. The highest BCUT2D eigenvalue weighted by molar-refractivity contribution is 6.32. The summed E-state index contributed by atoms with van der Waals surface area (Å²) in [4.78, 5) is 11.3. The third-order valence-corrected chi connectivity index (χ3v) is 4.99. The van der Waals surface area contributed by atoms with Gasteiger partial charge in [0, 0.05) is 17.6 Å². The minimum absolute atomic E-state index is 0.0475. The number of carboxylic acid groups (broad SMARTS) is 1. The number of nitrogens with zero attached hydrogens (tertiary/aromatic N) is 1. The number of fused-ring (bicyclic) bond motifs is 1. The molecule has 0 fully saturated rings. The lowest BCUT2D eigenvalue weighted by atomic mass is 10.1. The van der Waals surface area contributed by atoms with Crippen LogP contribution in [0.5, 0.6) is 11.5 Å². The zero-order valence-electron chi connectivity index (χ0n) is 15.8. The Hall–Kier alpha value is -3.01. The van der Waals surface area contributed by atoms with Crippen LogP contribution in [0.2, 0.25) is 5.02 Å². The van der Waals surface area contributed by atoms with Crippen molar-refractivity contribution in [1.82, 2.24) is 4.57 Å². The van der Waals surface area contributed by atoms with Gasteiger partial charge in [-0.2, -0.15) is 22.0 Å². The molecule has 0 atom stereocenters. The lowest BCUT2D eigenvalue weighted by molar-refractivity contribution is -0.360. The van der Waals surface area contributed by atoms with Crippen LogP contribution in [0.25, 0.3) is 10.9 Å². The zero-order chi connectivity index (χ0) is 23.1. The summed E-state index contributed by atoms with van der Waals surface area (Å²) in [6.07, 6.45) is -11.5. The zero-order valence-corrected chi connectivity index (χ0v) is 16.6. The summed E-state index contributed by atoms with van der Waals surface area (Å²) in [6.45, 7) is 1.81. The van der Waals surface area contributed by atoms with E-state index in [0.29, 0.717) is 27.7 Å². The minimum atomic E-state index is -5.85. The monoisotopic (exact) mass is 463 g/mol. The second-order valence-electron chi connectivity index (χ2n) is 6.80. The number of phenolic OH excluding ortho intramolecular Hbond substituents is 1. The fourth-order valence-electron chi connectivity index (χ4n) is 3.18. The van der Waals surface area contributed by atoms with Crippen LogP contribution in [-0.4, -0.2) is 33.0 Å². The number of benzene rings is 2. The Balaban J connectivity index is 1.96. The Kier molecular flexibility index (Phi) is 5.79. The van der Waals surface area contributed by atoms with E-state index in [0.717, 1.165) is 12.1 Å². The SMILES string of the molecule is Cc1c(CC(=O)O)c2cc(O)c(Cl)cc2n1Cc1ccc(OC(F)(F)C(F)(F)F)cc1. The van der Waals surface area contributed by atoms with Gasteiger partial charge in [0.1, 0.15) is 11.5 Å². The van der Waals surface area contributed by atoms with Gasteiger partial charge in [-0.05, 0) is 42.3 Å². The normalized spacial score (nSPS) is 12.4. The first-order chi connectivity index (χ1) is 14.3. The van der Waals surface area contributed by atoms with E-state index in [1.165, 1.54) is 24.3 Å². The van der Waals surface area contributed by atoms with Crippen LogP contribution in [0.15, 0.2) is 36.4 Å². The number of aromatic hydroxyl groups is 1. The number of alkyl halides is 5. The second kappa shape index (κ2) is 7.92. The van der Waals surface area contributed by atoms with Gasteiger partial charge in [0.25, 0.3) is 0 Å². The van der Waals surface area contributed by atoms with E-state index in [4.69, 9.17) is 11.6 Å². The van der Waals surface area contributed by atoms with Crippen LogP contribution in [0, 0.1) is 6.92 Å². The molecule has 0 saturated carbocycles. The van der Waals surface area contributed by atoms with Crippen molar-refractivity contribution < 1.29 is 41.7 Å². The van der Waals surface area contributed by atoms with Crippen LogP contribution in [0.3, 0.4) is 0 Å². The fourth-order valence-corrected chi connectivity index (χ4v) is 3.34. The van der Waals surface area contributed by atoms with Crippen LogP contribution in [0.1, 0.15) is 16.8 Å². The van der Waals surface area contributed by atoms with Gasteiger partial charge in [0.05, 0.1) is 17.0 Å². The smallest absolute Gasteiger partial charge is 0.499 e. The van der Waals surface area contributed by atoms with E-state index in [2.05, 4.69) is 4.74 Å². The number of aliphatic carboxylic acids is 1. The number of rotatable bonds is 6. The molecule has 0 radical (unpaired) electrons. The highest BCUT2D eigenvalue weighted by Gasteiger charge is 2.61. The quantitative estimate of drug-likeness (QED) is 0.472. The van der Waals surface area contributed by atoms with E-state index in [9.17, 15) is 37.0 Å². The van der Waals surface area contributed by atoms with Crippen molar-refractivity contribution in [1.29, 1.82) is 0 Å². The van der Waals surface area contributed by atoms with Crippen LogP contribution < -0.4 is 4.74 Å². The Morgan fingerprint density at radius 3 is 2.29 bits per heavy atom. The number of carboxylic acids is 1. The standard InChI is InChI=1S/C20H15ClF5NO4/c1-10-13(7-18(29)30)14-6-17(28)15(21)8-16(14)27(10)9-11-2-4-12(5-3-11)31-20(25,26)19(22,23)24/h2-6,8,28H,7,9H2,1H3,(H,29,30). The lowest BCUT2D eigenvalue weighted by Crippen LogP contribution is -2.41. The van der Waals surface area contributed by atoms with Crippen molar-refractivity contribution >= 4 is 28.5 Å². The van der Waals surface area contributed by atoms with Gasteiger partial charge in [-0.15, -0.1) is 0 Å². The molecular formula is C20H15ClF5NO4. The number of phenols is 1. The predicted molar refractivity (Wildman–Crippen MR) is 102 cm³/mol. The second-order valence-corrected chi connectivity index (χ2v) is 7.21. The largest absolute Gasteiger partial charge is 0.506 e.